The Labute approximate surface area is 78.5 Å². The lowest BCUT2D eigenvalue weighted by Crippen LogP contribution is -1.99. The lowest BCUT2D eigenvalue weighted by molar-refractivity contribution is -0.132. The molecule has 0 aromatic heterocycles. The topological polar surface area (TPSA) is 40.5 Å². The lowest BCUT2D eigenvalue weighted by Gasteiger charge is -1.90. The number of nitrogens with zero attached hydrogens (tertiary/aromatic N) is 1. The molecule has 0 aliphatic heterocycles. The third kappa shape index (κ3) is 42.4. The Morgan fingerprint density at radius 1 is 1.36 bits per heavy atom. The molecule has 68 valence electrons. The number of hydrogen-bond donors (Lipinski definition) is 1. The summed E-state index contributed by atoms with van der Waals surface area (Å²) >= 11 is 0. The van der Waals surface area contributed by atoms with Gasteiger partial charge in [0.25, 0.3) is 0 Å². The van der Waals surface area contributed by atoms with Gasteiger partial charge in [0.2, 0.25) is 0 Å². The van der Waals surface area contributed by atoms with Gasteiger partial charge in [-0.05, 0) is 28.1 Å². The number of hydrogen-bond acceptors (Lipinski definition) is 2. The average Bonchev–Trinajstić information content (AvgIpc) is 1.63. The minimum atomic E-state index is -0.935. The zero-order valence-corrected chi connectivity index (χ0v) is 9.13. The zero-order chi connectivity index (χ0) is 8.73. The van der Waals surface area contributed by atoms with E-state index in [2.05, 4.69) is 6.58 Å². The minimum absolute atomic E-state index is 0. The van der Waals surface area contributed by atoms with Crippen LogP contribution in [0.15, 0.2) is 12.2 Å². The molecule has 0 fully saturated rings. The second-order valence-electron chi connectivity index (χ2n) is 2.43. The highest BCUT2D eigenvalue weighted by Gasteiger charge is 1.90. The summed E-state index contributed by atoms with van der Waals surface area (Å²) < 4.78 is 0. The number of halogens is 1. The fourth-order valence-corrected chi connectivity index (χ4v) is 0. The third-order valence-corrected chi connectivity index (χ3v) is 0.365. The van der Waals surface area contributed by atoms with Gasteiger partial charge in [-0.1, -0.05) is 6.58 Å². The van der Waals surface area contributed by atoms with Crippen molar-refractivity contribution in [2.24, 2.45) is 0 Å². The van der Waals surface area contributed by atoms with Crippen LogP contribution < -0.4 is 0 Å². The van der Waals surface area contributed by atoms with Crippen LogP contribution in [0.25, 0.3) is 0 Å². The van der Waals surface area contributed by atoms with Crippen molar-refractivity contribution in [3.05, 3.63) is 12.2 Å². The van der Waals surface area contributed by atoms with E-state index in [4.69, 9.17) is 5.11 Å². The van der Waals surface area contributed by atoms with Gasteiger partial charge in [0.1, 0.15) is 0 Å². The maximum absolute atomic E-state index is 9.60. The second kappa shape index (κ2) is 9.65. The van der Waals surface area contributed by atoms with E-state index in [1.165, 1.54) is 6.92 Å². The molecular formula is C7H16BrNO2. The number of carboxylic acids is 1. The summed E-state index contributed by atoms with van der Waals surface area (Å²) in [5.74, 6) is -0.935. The summed E-state index contributed by atoms with van der Waals surface area (Å²) in [7, 11) is 6.00. The second-order valence-corrected chi connectivity index (χ2v) is 2.43. The lowest BCUT2D eigenvalue weighted by atomic mass is 10.4. The Balaban J connectivity index is -0.000000114. The smallest absolute Gasteiger partial charge is 0.330 e. The summed E-state index contributed by atoms with van der Waals surface area (Å²) in [5.41, 5.74) is 0.176. The van der Waals surface area contributed by atoms with Gasteiger partial charge in [-0.15, -0.1) is 17.0 Å². The minimum Gasteiger partial charge on any atom is -0.478 e. The van der Waals surface area contributed by atoms with Crippen LogP contribution in [0.1, 0.15) is 6.92 Å². The molecule has 0 rings (SSSR count). The standard InChI is InChI=1S/C4H6O2.C3H9N.BrH/c1-3(2)4(5)6;1-4(2)3;/h1H2,2H3,(H,5,6);1-3H3;1H. The van der Waals surface area contributed by atoms with Crippen molar-refractivity contribution in [3.8, 4) is 0 Å². The monoisotopic (exact) mass is 225 g/mol. The number of carboxylic acid groups (broad SMARTS) is 1. The SMILES string of the molecule is Br.C=C(C)C(=O)O.CN(C)C. The maximum Gasteiger partial charge on any atom is 0.330 e. The van der Waals surface area contributed by atoms with Crippen molar-refractivity contribution in [1.29, 1.82) is 0 Å². The van der Waals surface area contributed by atoms with Gasteiger partial charge in [0, 0.05) is 5.57 Å². The average molecular weight is 226 g/mol. The van der Waals surface area contributed by atoms with Gasteiger partial charge in [-0.25, -0.2) is 4.79 Å². The van der Waals surface area contributed by atoms with Crippen molar-refractivity contribution in [3.63, 3.8) is 0 Å². The highest BCUT2D eigenvalue weighted by molar-refractivity contribution is 8.93. The summed E-state index contributed by atoms with van der Waals surface area (Å²) in [6, 6.07) is 0. The van der Waals surface area contributed by atoms with Crippen LogP contribution in [-0.4, -0.2) is 37.1 Å². The van der Waals surface area contributed by atoms with Gasteiger partial charge in [-0.2, -0.15) is 0 Å². The molecule has 0 atom stereocenters. The van der Waals surface area contributed by atoms with Crippen LogP contribution >= 0.6 is 17.0 Å². The van der Waals surface area contributed by atoms with E-state index >= 15 is 0 Å². The van der Waals surface area contributed by atoms with Gasteiger partial charge >= 0.3 is 5.97 Å². The zero-order valence-electron chi connectivity index (χ0n) is 7.42. The van der Waals surface area contributed by atoms with Crippen LogP contribution in [-0.2, 0) is 4.79 Å². The first-order valence-electron chi connectivity index (χ1n) is 2.87. The fourth-order valence-electron chi connectivity index (χ4n) is 0. The van der Waals surface area contributed by atoms with E-state index in [1.54, 1.807) is 0 Å². The van der Waals surface area contributed by atoms with Crippen LogP contribution in [0.5, 0.6) is 0 Å². The fraction of sp³-hybridized carbons (Fsp3) is 0.571. The normalized spacial score (nSPS) is 7.36. The molecule has 0 aliphatic carbocycles. The maximum atomic E-state index is 9.60. The van der Waals surface area contributed by atoms with Crippen molar-refractivity contribution < 1.29 is 9.90 Å². The molecular weight excluding hydrogens is 210 g/mol. The van der Waals surface area contributed by atoms with Crippen LogP contribution in [0, 0.1) is 0 Å². The van der Waals surface area contributed by atoms with Crippen molar-refractivity contribution in [2.75, 3.05) is 21.1 Å². The number of carbonyl (C=O) groups is 1. The summed E-state index contributed by atoms with van der Waals surface area (Å²) in [6.45, 7) is 4.60. The summed E-state index contributed by atoms with van der Waals surface area (Å²) in [6.07, 6.45) is 0. The van der Waals surface area contributed by atoms with Crippen LogP contribution in [0.3, 0.4) is 0 Å². The highest BCUT2D eigenvalue weighted by Crippen LogP contribution is 1.81. The quantitative estimate of drug-likeness (QED) is 0.687. The van der Waals surface area contributed by atoms with E-state index in [1.807, 2.05) is 26.0 Å². The van der Waals surface area contributed by atoms with Gasteiger partial charge < -0.3 is 10.0 Å². The molecule has 1 N–H and O–H groups in total. The van der Waals surface area contributed by atoms with Crippen LogP contribution in [0.4, 0.5) is 0 Å². The largest absolute Gasteiger partial charge is 0.478 e. The molecule has 0 unspecified atom stereocenters. The van der Waals surface area contributed by atoms with E-state index in [9.17, 15) is 4.79 Å². The molecule has 0 saturated heterocycles. The molecule has 0 radical (unpaired) electrons. The molecule has 0 heterocycles. The molecule has 11 heavy (non-hydrogen) atoms. The predicted molar refractivity (Wildman–Crippen MR) is 52.4 cm³/mol. The number of rotatable bonds is 1. The Bertz CT molecular complexity index is 109. The first-order valence-corrected chi connectivity index (χ1v) is 2.87. The molecule has 0 aliphatic rings. The van der Waals surface area contributed by atoms with E-state index in [-0.39, 0.29) is 22.6 Å². The Morgan fingerprint density at radius 2 is 1.45 bits per heavy atom. The number of aliphatic carboxylic acids is 1. The molecule has 3 nitrogen and oxygen atoms in total. The first-order chi connectivity index (χ1) is 4.37. The molecule has 0 aromatic carbocycles. The van der Waals surface area contributed by atoms with Gasteiger partial charge in [-0.3, -0.25) is 0 Å². The highest BCUT2D eigenvalue weighted by atomic mass is 79.9. The van der Waals surface area contributed by atoms with Crippen molar-refractivity contribution >= 4 is 23.0 Å². The molecule has 0 aromatic rings. The summed E-state index contributed by atoms with van der Waals surface area (Å²) in [4.78, 5) is 11.6. The van der Waals surface area contributed by atoms with E-state index in [0.29, 0.717) is 0 Å². The molecule has 0 saturated carbocycles. The third-order valence-electron chi connectivity index (χ3n) is 0.365. The van der Waals surface area contributed by atoms with E-state index < -0.39 is 5.97 Å². The van der Waals surface area contributed by atoms with Gasteiger partial charge in [0.15, 0.2) is 0 Å². The molecule has 0 bridgehead atoms. The Kier molecular flexibility index (Phi) is 14.9. The van der Waals surface area contributed by atoms with Crippen molar-refractivity contribution in [1.82, 2.24) is 4.90 Å². The molecule has 0 spiro atoms. The first kappa shape index (κ1) is 16.9. The Morgan fingerprint density at radius 3 is 1.45 bits per heavy atom. The van der Waals surface area contributed by atoms with E-state index in [0.717, 1.165) is 0 Å². The molecule has 4 heteroatoms. The summed E-state index contributed by atoms with van der Waals surface area (Å²) in [5, 5.41) is 7.89. The molecule has 0 amide bonds. The predicted octanol–water partition coefficient (Wildman–Crippen LogP) is 1.40. The van der Waals surface area contributed by atoms with Crippen molar-refractivity contribution in [2.45, 2.75) is 6.92 Å². The van der Waals surface area contributed by atoms with Crippen LogP contribution in [0.2, 0.25) is 0 Å². The Hall–Kier alpha value is -0.350. The van der Waals surface area contributed by atoms with Gasteiger partial charge in [0.05, 0.1) is 0 Å².